The number of likely N-dealkylation sites (N-methyl/N-ethyl adjacent to an activating group) is 1. The van der Waals surface area contributed by atoms with Gasteiger partial charge in [-0.25, -0.2) is 0 Å². The predicted octanol–water partition coefficient (Wildman–Crippen LogP) is -7.51. The lowest BCUT2D eigenvalue weighted by molar-refractivity contribution is -0.330. The van der Waals surface area contributed by atoms with Gasteiger partial charge < -0.3 is 87.2 Å². The van der Waals surface area contributed by atoms with Crippen LogP contribution in [0.1, 0.15) is 19.8 Å². The van der Waals surface area contributed by atoms with Crippen LogP contribution in [0.15, 0.2) is 0 Å². The maximum Gasteiger partial charge on any atom is 0.250 e. The number of carbonyl (C=O) groups excluding carboxylic acids is 1. The molecule has 43 heavy (non-hydrogen) atoms. The largest absolute Gasteiger partial charge is 0.396 e. The minimum Gasteiger partial charge on any atom is -0.396 e. The monoisotopic (exact) mass is 627 g/mol. The van der Waals surface area contributed by atoms with Crippen molar-refractivity contribution >= 4 is 5.91 Å². The molecule has 0 aromatic rings. The molecule has 0 aromatic heterocycles. The fraction of sp³-hybridized carbons (Fsp3) is 0.960. The molecule has 1 aliphatic carbocycles. The van der Waals surface area contributed by atoms with Gasteiger partial charge in [0, 0.05) is 25.7 Å². The summed E-state index contributed by atoms with van der Waals surface area (Å²) in [6.45, 7) is 1.21. The Morgan fingerprint density at radius 2 is 1.72 bits per heavy atom. The first-order valence-electron chi connectivity index (χ1n) is 14.4. The number of aliphatic hydroxyl groups excluding tert-OH is 7. The highest BCUT2D eigenvalue weighted by Gasteiger charge is 2.53. The Bertz CT molecular complexity index is 877. The number of amides is 1. The first-order valence-corrected chi connectivity index (χ1v) is 14.4. The van der Waals surface area contributed by atoms with Crippen LogP contribution in [-0.2, 0) is 23.7 Å². The van der Waals surface area contributed by atoms with Crippen LogP contribution < -0.4 is 27.4 Å². The molecule has 1 amide bonds. The fourth-order valence-electron chi connectivity index (χ4n) is 5.64. The van der Waals surface area contributed by atoms with Crippen molar-refractivity contribution in [2.75, 3.05) is 39.9 Å². The fourth-order valence-corrected chi connectivity index (χ4v) is 5.64. The van der Waals surface area contributed by atoms with Gasteiger partial charge in [-0.05, 0) is 33.4 Å². The van der Waals surface area contributed by atoms with Gasteiger partial charge in [-0.1, -0.05) is 0 Å². The molecule has 0 spiro atoms. The van der Waals surface area contributed by atoms with Gasteiger partial charge in [0.15, 0.2) is 12.6 Å². The Balaban J connectivity index is 1.81. The summed E-state index contributed by atoms with van der Waals surface area (Å²) in [5.74, 6) is -0.860. The van der Waals surface area contributed by atoms with Gasteiger partial charge in [0.1, 0.15) is 60.5 Å². The third kappa shape index (κ3) is 8.55. The zero-order valence-electron chi connectivity index (χ0n) is 24.3. The standard InChI is InChI=1S/C25H49N5O13/c1-25(39)9-40-23(18(37)21(25)28-2)43-20-11(30-22(38)12(32)7-26)6-10(27)19(17(20)36)42-24-16(35)15(34)14(33)13(41-24)8-29-4-3-5-31/h10-21,23-24,28-29,31-37,39H,3-9,26-27H2,1-2H3,(H,30,38)/t10-,11+,12-,13+,14+,15-,16+,17-,18+,19+,20-,21+,23+,24+,25-/m0/s1. The second-order valence-corrected chi connectivity index (χ2v) is 11.5. The summed E-state index contributed by atoms with van der Waals surface area (Å²) in [5, 5.41) is 91.6. The summed E-state index contributed by atoms with van der Waals surface area (Å²) in [4.78, 5) is 12.5. The van der Waals surface area contributed by atoms with Crippen molar-refractivity contribution in [1.82, 2.24) is 16.0 Å². The minimum atomic E-state index is -1.73. The van der Waals surface area contributed by atoms with Crippen LogP contribution in [0.5, 0.6) is 0 Å². The number of hydrogen-bond acceptors (Lipinski definition) is 17. The number of ether oxygens (including phenoxy) is 4. The van der Waals surface area contributed by atoms with Crippen LogP contribution >= 0.6 is 0 Å². The van der Waals surface area contributed by atoms with E-state index in [0.717, 1.165) is 0 Å². The molecular formula is C25H49N5O13. The lowest BCUT2D eigenvalue weighted by atomic mass is 9.83. The van der Waals surface area contributed by atoms with Crippen LogP contribution in [0.25, 0.3) is 0 Å². The van der Waals surface area contributed by atoms with E-state index in [1.807, 2.05) is 0 Å². The molecule has 0 bridgehead atoms. The van der Waals surface area contributed by atoms with E-state index in [1.54, 1.807) is 0 Å². The molecular weight excluding hydrogens is 578 g/mol. The summed E-state index contributed by atoms with van der Waals surface area (Å²) >= 11 is 0. The SMILES string of the molecule is CN[C@@H]1[C@@H](O)[C@@H](O[C@@H]2[C@@H](O)[C@H](O[C@H]3O[C@H](CNCCCO)[C@@H](O)[C@H](O)[C@H]3O)[C@@H](N)C[C@H]2NC(=O)[C@@H](O)CN)OC[C@]1(C)O. The first kappa shape index (κ1) is 36.3. The van der Waals surface area contributed by atoms with Gasteiger partial charge in [-0.2, -0.15) is 0 Å². The van der Waals surface area contributed by atoms with E-state index in [1.165, 1.54) is 14.0 Å². The summed E-state index contributed by atoms with van der Waals surface area (Å²) in [6.07, 6.45) is -15.9. The number of carbonyl (C=O) groups is 1. The van der Waals surface area contributed by atoms with Crippen LogP contribution in [0, 0.1) is 0 Å². The maximum absolute atomic E-state index is 12.5. The molecule has 15 N–H and O–H groups in total. The molecule has 1 saturated carbocycles. The Kier molecular flexibility index (Phi) is 13.4. The average molecular weight is 628 g/mol. The molecule has 2 aliphatic heterocycles. The minimum absolute atomic E-state index is 0.0424. The number of nitrogens with one attached hydrogen (secondary N) is 3. The lowest BCUT2D eigenvalue weighted by Gasteiger charge is -2.49. The highest BCUT2D eigenvalue weighted by Crippen LogP contribution is 2.32. The first-order chi connectivity index (χ1) is 20.3. The van der Waals surface area contributed by atoms with Crippen molar-refractivity contribution in [1.29, 1.82) is 0 Å². The lowest BCUT2D eigenvalue weighted by Crippen LogP contribution is -2.70. The average Bonchev–Trinajstić information content (AvgIpc) is 2.96. The molecule has 3 fully saturated rings. The maximum atomic E-state index is 12.5. The molecule has 15 atom stereocenters. The van der Waals surface area contributed by atoms with E-state index in [0.29, 0.717) is 13.0 Å². The van der Waals surface area contributed by atoms with Gasteiger partial charge in [-0.3, -0.25) is 4.79 Å². The number of nitrogens with two attached hydrogens (primary N) is 2. The molecule has 18 heteroatoms. The zero-order valence-corrected chi connectivity index (χ0v) is 24.3. The van der Waals surface area contributed by atoms with E-state index in [-0.39, 0.29) is 32.7 Å². The van der Waals surface area contributed by atoms with Crippen molar-refractivity contribution in [2.45, 2.75) is 111 Å². The van der Waals surface area contributed by atoms with Crippen LogP contribution in [0.2, 0.25) is 0 Å². The van der Waals surface area contributed by atoms with E-state index in [2.05, 4.69) is 16.0 Å². The van der Waals surface area contributed by atoms with Crippen molar-refractivity contribution < 1.29 is 64.6 Å². The molecule has 0 aromatic carbocycles. The highest BCUT2D eigenvalue weighted by molar-refractivity contribution is 5.81. The van der Waals surface area contributed by atoms with E-state index in [4.69, 9.17) is 35.5 Å². The van der Waals surface area contributed by atoms with Crippen molar-refractivity contribution in [2.24, 2.45) is 11.5 Å². The molecule has 2 heterocycles. The second-order valence-electron chi connectivity index (χ2n) is 11.5. The number of rotatable bonds is 13. The summed E-state index contributed by atoms with van der Waals surface area (Å²) in [5.41, 5.74) is 10.3. The third-order valence-corrected chi connectivity index (χ3v) is 8.12. The molecule has 0 unspecified atom stereocenters. The summed E-state index contributed by atoms with van der Waals surface area (Å²) in [7, 11) is 1.52. The predicted molar refractivity (Wildman–Crippen MR) is 146 cm³/mol. The van der Waals surface area contributed by atoms with E-state index >= 15 is 0 Å². The summed E-state index contributed by atoms with van der Waals surface area (Å²) < 4.78 is 23.1. The molecule has 0 radical (unpaired) electrons. The van der Waals surface area contributed by atoms with E-state index < -0.39 is 97.1 Å². The smallest absolute Gasteiger partial charge is 0.250 e. The second kappa shape index (κ2) is 15.9. The molecule has 18 nitrogen and oxygen atoms in total. The van der Waals surface area contributed by atoms with Crippen LogP contribution in [0.4, 0.5) is 0 Å². The quantitative estimate of drug-likeness (QED) is 0.0843. The van der Waals surface area contributed by atoms with Crippen LogP contribution in [0.3, 0.4) is 0 Å². The normalized spacial score (nSPS) is 44.6. The van der Waals surface area contributed by atoms with Crippen molar-refractivity contribution in [3.8, 4) is 0 Å². The molecule has 3 rings (SSSR count). The molecule has 3 aliphatic rings. The van der Waals surface area contributed by atoms with Crippen LogP contribution in [-0.4, -0.2) is 178 Å². The van der Waals surface area contributed by atoms with Gasteiger partial charge in [0.05, 0.1) is 18.7 Å². The number of aliphatic hydroxyl groups is 8. The van der Waals surface area contributed by atoms with Crippen molar-refractivity contribution in [3.63, 3.8) is 0 Å². The summed E-state index contributed by atoms with van der Waals surface area (Å²) in [6, 6.07) is -2.95. The Morgan fingerprint density at radius 1 is 1.05 bits per heavy atom. The van der Waals surface area contributed by atoms with Crippen molar-refractivity contribution in [3.05, 3.63) is 0 Å². The molecule has 252 valence electrons. The van der Waals surface area contributed by atoms with Gasteiger partial charge >= 0.3 is 0 Å². The van der Waals surface area contributed by atoms with E-state index in [9.17, 15) is 40.5 Å². The Morgan fingerprint density at radius 3 is 2.35 bits per heavy atom. The molecule has 2 saturated heterocycles. The Labute approximate surface area is 249 Å². The van der Waals surface area contributed by atoms with Gasteiger partial charge in [0.2, 0.25) is 5.91 Å². The zero-order chi connectivity index (χ0) is 32.1. The topological polar surface area (TPSA) is 304 Å². The number of hydrogen-bond donors (Lipinski definition) is 13. The third-order valence-electron chi connectivity index (χ3n) is 8.12. The van der Waals surface area contributed by atoms with Gasteiger partial charge in [-0.15, -0.1) is 0 Å². The van der Waals surface area contributed by atoms with Gasteiger partial charge in [0.25, 0.3) is 0 Å². The highest BCUT2D eigenvalue weighted by atomic mass is 16.7. The Hall–Kier alpha value is -1.17.